The normalized spacial score (nSPS) is 11.4. The molecule has 0 atom stereocenters. The molecule has 0 aliphatic heterocycles. The first-order valence-corrected chi connectivity index (χ1v) is 8.12. The zero-order valence-corrected chi connectivity index (χ0v) is 13.2. The maximum Gasteiger partial charge on any atom is 0.303 e. The molecule has 0 aromatic heterocycles. The van der Waals surface area contributed by atoms with E-state index in [9.17, 15) is 18.0 Å². The van der Waals surface area contributed by atoms with Crippen LogP contribution in [-0.2, 0) is 19.7 Å². The van der Waals surface area contributed by atoms with Crippen molar-refractivity contribution in [2.45, 2.75) is 17.7 Å². The number of aliphatic carboxylic acids is 1. The van der Waals surface area contributed by atoms with Crippen molar-refractivity contribution in [3.05, 3.63) is 36.0 Å². The minimum absolute atomic E-state index is 0.0996. The van der Waals surface area contributed by atoms with Gasteiger partial charge in [-0.2, -0.15) is 13.7 Å². The van der Waals surface area contributed by atoms with E-state index in [1.807, 2.05) is 0 Å². The van der Waals surface area contributed by atoms with Crippen LogP contribution in [0.5, 0.6) is 0 Å². The fourth-order valence-electron chi connectivity index (χ4n) is 1.59. The fourth-order valence-corrected chi connectivity index (χ4v) is 2.11. The Morgan fingerprint density at radius 1 is 1.33 bits per heavy atom. The molecule has 10 heteroatoms. The number of anilines is 1. The van der Waals surface area contributed by atoms with Crippen molar-refractivity contribution in [3.8, 4) is 6.07 Å². The van der Waals surface area contributed by atoms with Gasteiger partial charge in [-0.1, -0.05) is 6.07 Å². The molecule has 0 aliphatic rings. The number of nitrogens with one attached hydrogen (secondary N) is 2. The first kappa shape index (κ1) is 19.1. The molecular weight excluding hydrogens is 338 g/mol. The smallest absolute Gasteiger partial charge is 0.303 e. The van der Waals surface area contributed by atoms with Crippen LogP contribution in [0.3, 0.4) is 0 Å². The first-order valence-electron chi connectivity index (χ1n) is 6.68. The highest BCUT2D eigenvalue weighted by Crippen LogP contribution is 2.15. The molecule has 0 saturated heterocycles. The van der Waals surface area contributed by atoms with E-state index in [0.29, 0.717) is 0 Å². The van der Waals surface area contributed by atoms with Crippen molar-refractivity contribution in [3.63, 3.8) is 0 Å². The number of hydrogen-bond acceptors (Lipinski definition) is 6. The van der Waals surface area contributed by atoms with Crippen LogP contribution in [-0.4, -0.2) is 36.5 Å². The first-order chi connectivity index (χ1) is 11.2. The average molecular weight is 353 g/mol. The number of carbonyl (C=O) groups is 2. The molecule has 0 bridgehead atoms. The van der Waals surface area contributed by atoms with Gasteiger partial charge in [0.1, 0.15) is 11.6 Å². The van der Waals surface area contributed by atoms with Gasteiger partial charge in [-0.25, -0.2) is 0 Å². The Morgan fingerprint density at radius 2 is 2.04 bits per heavy atom. The van der Waals surface area contributed by atoms with Crippen molar-refractivity contribution < 1.29 is 27.7 Å². The van der Waals surface area contributed by atoms with E-state index in [0.717, 1.165) is 12.3 Å². The summed E-state index contributed by atoms with van der Waals surface area (Å²) in [6.07, 6.45) is 1.20. The van der Waals surface area contributed by atoms with Gasteiger partial charge < -0.3 is 15.7 Å². The Labute approximate surface area is 138 Å². The molecular formula is C14H15N3O6S. The summed E-state index contributed by atoms with van der Waals surface area (Å²) >= 11 is 0. The van der Waals surface area contributed by atoms with Crippen LogP contribution in [0.2, 0.25) is 0 Å². The van der Waals surface area contributed by atoms with Crippen LogP contribution < -0.4 is 10.6 Å². The van der Waals surface area contributed by atoms with Crippen molar-refractivity contribution >= 4 is 27.7 Å². The summed E-state index contributed by atoms with van der Waals surface area (Å²) in [5.74, 6) is -1.68. The molecule has 0 heterocycles. The number of carboxylic acids is 1. The highest BCUT2D eigenvalue weighted by atomic mass is 32.2. The molecule has 0 aliphatic carbocycles. The van der Waals surface area contributed by atoms with Gasteiger partial charge in [0.25, 0.3) is 16.0 Å². The maximum atomic E-state index is 11.7. The van der Waals surface area contributed by atoms with Crippen LogP contribution in [0.25, 0.3) is 0 Å². The summed E-state index contributed by atoms with van der Waals surface area (Å²) in [5.41, 5.74) is -0.0286. The fraction of sp³-hybridized carbons (Fsp3) is 0.214. The summed E-state index contributed by atoms with van der Waals surface area (Å²) in [6, 6.07) is 6.83. The monoisotopic (exact) mass is 353 g/mol. The lowest BCUT2D eigenvalue weighted by atomic mass is 10.2. The number of nitriles is 1. The molecule has 1 amide bonds. The Balaban J connectivity index is 2.71. The average Bonchev–Trinajstić information content (AvgIpc) is 2.51. The molecule has 0 spiro atoms. The Bertz CT molecular complexity index is 795. The quantitative estimate of drug-likeness (QED) is 0.231. The van der Waals surface area contributed by atoms with E-state index >= 15 is 0 Å². The second-order valence-electron chi connectivity index (χ2n) is 4.57. The molecule has 1 aromatic carbocycles. The van der Waals surface area contributed by atoms with Crippen molar-refractivity contribution in [1.82, 2.24) is 5.32 Å². The number of carboxylic acid groups (broad SMARTS) is 1. The highest BCUT2D eigenvalue weighted by molar-refractivity contribution is 7.85. The third-order valence-corrected chi connectivity index (χ3v) is 3.58. The van der Waals surface area contributed by atoms with E-state index in [4.69, 9.17) is 14.9 Å². The minimum atomic E-state index is -4.36. The Kier molecular flexibility index (Phi) is 6.91. The van der Waals surface area contributed by atoms with E-state index in [2.05, 4.69) is 10.6 Å². The molecule has 1 rings (SSSR count). The zero-order chi connectivity index (χ0) is 18.2. The van der Waals surface area contributed by atoms with Crippen LogP contribution in [0.4, 0.5) is 5.69 Å². The number of rotatable bonds is 8. The standard InChI is InChI=1S/C14H15N3O6S/c15-8-10(14(20)16-6-2-5-13(18)19)9-17-11-3-1-4-12(7-11)24(21,22)23/h1,3-4,7,9,17H,2,5-6H2,(H,16,20)(H,18,19)(H,21,22,23)/b10-9-. The van der Waals surface area contributed by atoms with Gasteiger partial charge in [0.05, 0.1) is 4.90 Å². The van der Waals surface area contributed by atoms with Gasteiger partial charge >= 0.3 is 5.97 Å². The van der Waals surface area contributed by atoms with E-state index < -0.39 is 22.0 Å². The van der Waals surface area contributed by atoms with Gasteiger partial charge in [-0.3, -0.25) is 14.1 Å². The summed E-state index contributed by atoms with van der Waals surface area (Å²) in [5, 5.41) is 22.4. The van der Waals surface area contributed by atoms with E-state index in [1.165, 1.54) is 18.2 Å². The Hall–Kier alpha value is -2.90. The predicted octanol–water partition coefficient (Wildman–Crippen LogP) is 0.734. The SMILES string of the molecule is N#C/C(=C/Nc1cccc(S(=O)(=O)O)c1)C(=O)NCCCC(=O)O. The van der Waals surface area contributed by atoms with Crippen molar-refractivity contribution in [2.75, 3.05) is 11.9 Å². The largest absolute Gasteiger partial charge is 0.481 e. The summed E-state index contributed by atoms with van der Waals surface area (Å²) < 4.78 is 31.0. The molecule has 4 N–H and O–H groups in total. The lowest BCUT2D eigenvalue weighted by molar-refractivity contribution is -0.137. The van der Waals surface area contributed by atoms with Gasteiger partial charge in [-0.15, -0.1) is 0 Å². The molecule has 0 unspecified atom stereocenters. The number of benzene rings is 1. The van der Waals surface area contributed by atoms with Gasteiger partial charge in [0.15, 0.2) is 0 Å². The molecule has 9 nitrogen and oxygen atoms in total. The molecule has 0 fully saturated rings. The van der Waals surface area contributed by atoms with Gasteiger partial charge in [0, 0.05) is 24.9 Å². The third-order valence-electron chi connectivity index (χ3n) is 2.73. The minimum Gasteiger partial charge on any atom is -0.481 e. The van der Waals surface area contributed by atoms with Gasteiger partial charge in [-0.05, 0) is 24.6 Å². The number of carbonyl (C=O) groups excluding carboxylic acids is 1. The maximum absolute atomic E-state index is 11.7. The van der Waals surface area contributed by atoms with Gasteiger partial charge in [0.2, 0.25) is 0 Å². The topological polar surface area (TPSA) is 157 Å². The second-order valence-corrected chi connectivity index (χ2v) is 5.99. The van der Waals surface area contributed by atoms with Crippen LogP contribution in [0.1, 0.15) is 12.8 Å². The molecule has 0 saturated carbocycles. The number of nitrogens with zero attached hydrogens (tertiary/aromatic N) is 1. The van der Waals surface area contributed by atoms with Crippen LogP contribution in [0, 0.1) is 11.3 Å². The lowest BCUT2D eigenvalue weighted by Crippen LogP contribution is -2.26. The summed E-state index contributed by atoms with van der Waals surface area (Å²) in [4.78, 5) is 21.7. The molecule has 0 radical (unpaired) electrons. The highest BCUT2D eigenvalue weighted by Gasteiger charge is 2.11. The molecule has 24 heavy (non-hydrogen) atoms. The third kappa shape index (κ3) is 6.47. The summed E-state index contributed by atoms with van der Waals surface area (Å²) in [6.45, 7) is 0.0996. The predicted molar refractivity (Wildman–Crippen MR) is 83.5 cm³/mol. The number of hydrogen-bond donors (Lipinski definition) is 4. The van der Waals surface area contributed by atoms with E-state index in [1.54, 1.807) is 6.07 Å². The van der Waals surface area contributed by atoms with Crippen LogP contribution in [0.15, 0.2) is 40.9 Å². The second kappa shape index (κ2) is 8.66. The van der Waals surface area contributed by atoms with Crippen molar-refractivity contribution in [2.24, 2.45) is 0 Å². The number of amides is 1. The lowest BCUT2D eigenvalue weighted by Gasteiger charge is -2.05. The van der Waals surface area contributed by atoms with Crippen molar-refractivity contribution in [1.29, 1.82) is 5.26 Å². The zero-order valence-electron chi connectivity index (χ0n) is 12.4. The molecule has 1 aromatic rings. The summed E-state index contributed by atoms with van der Waals surface area (Å²) in [7, 11) is -4.36. The molecule has 128 valence electrons. The Morgan fingerprint density at radius 3 is 2.62 bits per heavy atom. The van der Waals surface area contributed by atoms with E-state index in [-0.39, 0.29) is 35.5 Å². The van der Waals surface area contributed by atoms with Crippen LogP contribution >= 0.6 is 0 Å².